The average Bonchev–Trinajstić information content (AvgIpc) is 3.30. The highest BCUT2D eigenvalue weighted by Gasteiger charge is 2.22. The number of anilines is 2. The van der Waals surface area contributed by atoms with E-state index in [9.17, 15) is 19.2 Å². The van der Waals surface area contributed by atoms with Gasteiger partial charge in [-0.15, -0.1) is 23.1 Å². The Bertz CT molecular complexity index is 1480. The van der Waals surface area contributed by atoms with Crippen LogP contribution in [0, 0.1) is 24.1 Å². The molecule has 1 unspecified atom stereocenters. The second-order valence-electron chi connectivity index (χ2n) is 8.30. The van der Waals surface area contributed by atoms with Gasteiger partial charge in [0.15, 0.2) is 0 Å². The fraction of sp³-hybridized carbons (Fsp3) is 0.138. The summed E-state index contributed by atoms with van der Waals surface area (Å²) in [6, 6.07) is 23.0. The molecule has 2 N–H and O–H groups in total. The van der Waals surface area contributed by atoms with Gasteiger partial charge < -0.3 is 10.6 Å². The average molecular weight is 530 g/mol. The maximum absolute atomic E-state index is 13.9. The number of rotatable bonds is 8. The number of benzene rings is 3. The first kappa shape index (κ1) is 26.1. The molecule has 1 aromatic heterocycles. The lowest BCUT2D eigenvalue weighted by Crippen LogP contribution is -2.24. The van der Waals surface area contributed by atoms with Gasteiger partial charge in [0.25, 0.3) is 5.91 Å². The number of hydrogen-bond donors (Lipinski definition) is 2. The molecule has 37 heavy (non-hydrogen) atoms. The summed E-state index contributed by atoms with van der Waals surface area (Å²) in [4.78, 5) is 26.4. The number of thioether (sulfide) groups is 1. The molecule has 0 aliphatic rings. The number of halogens is 1. The zero-order valence-corrected chi connectivity index (χ0v) is 21.9. The fourth-order valence-corrected chi connectivity index (χ4v) is 5.61. The molecule has 0 spiro atoms. The molecule has 0 radical (unpaired) electrons. The summed E-state index contributed by atoms with van der Waals surface area (Å²) < 4.78 is 13.9. The molecule has 1 atom stereocenters. The van der Waals surface area contributed by atoms with E-state index < -0.39 is 17.0 Å². The Morgan fingerprint density at radius 2 is 1.81 bits per heavy atom. The van der Waals surface area contributed by atoms with Gasteiger partial charge in [0.2, 0.25) is 5.91 Å². The molecule has 5 nitrogen and oxygen atoms in total. The van der Waals surface area contributed by atoms with Gasteiger partial charge in [0, 0.05) is 21.5 Å². The van der Waals surface area contributed by atoms with E-state index in [0.29, 0.717) is 22.7 Å². The van der Waals surface area contributed by atoms with E-state index in [2.05, 4.69) is 16.7 Å². The first-order chi connectivity index (χ1) is 17.9. The Kier molecular flexibility index (Phi) is 8.39. The third kappa shape index (κ3) is 6.26. The van der Waals surface area contributed by atoms with E-state index in [4.69, 9.17) is 0 Å². The van der Waals surface area contributed by atoms with Crippen LogP contribution in [0.1, 0.15) is 34.8 Å². The molecule has 0 bridgehead atoms. The maximum atomic E-state index is 13.9. The fourth-order valence-electron chi connectivity index (χ4n) is 3.68. The number of carbonyl (C=O) groups excluding carboxylic acids is 2. The van der Waals surface area contributed by atoms with Crippen molar-refractivity contribution in [3.63, 3.8) is 0 Å². The van der Waals surface area contributed by atoms with Crippen LogP contribution >= 0.6 is 23.1 Å². The van der Waals surface area contributed by atoms with Gasteiger partial charge in [-0.25, -0.2) is 4.39 Å². The van der Waals surface area contributed by atoms with Gasteiger partial charge in [0.1, 0.15) is 16.9 Å². The predicted octanol–water partition coefficient (Wildman–Crippen LogP) is 7.50. The van der Waals surface area contributed by atoms with E-state index >= 15 is 0 Å². The Morgan fingerprint density at radius 3 is 2.51 bits per heavy atom. The largest absolute Gasteiger partial charge is 0.322 e. The molecule has 0 aliphatic carbocycles. The molecule has 0 aliphatic heterocycles. The van der Waals surface area contributed by atoms with Gasteiger partial charge in [-0.3, -0.25) is 9.59 Å². The molecule has 4 rings (SSSR count). The summed E-state index contributed by atoms with van der Waals surface area (Å²) in [6.45, 7) is 3.92. The van der Waals surface area contributed by atoms with Gasteiger partial charge in [-0.2, -0.15) is 5.26 Å². The first-order valence-electron chi connectivity index (χ1n) is 11.6. The number of amides is 2. The number of carbonyl (C=O) groups is 2. The molecular formula is C29H24FN3O2S2. The van der Waals surface area contributed by atoms with E-state index in [1.54, 1.807) is 24.3 Å². The van der Waals surface area contributed by atoms with Crippen LogP contribution in [0.5, 0.6) is 0 Å². The Hall–Kier alpha value is -3.93. The normalized spacial score (nSPS) is 11.4. The number of nitrogens with one attached hydrogen (secondary N) is 2. The Morgan fingerprint density at radius 1 is 1.05 bits per heavy atom. The topological polar surface area (TPSA) is 82.0 Å². The summed E-state index contributed by atoms with van der Waals surface area (Å²) in [7, 11) is 0. The number of hydrogen-bond acceptors (Lipinski definition) is 5. The predicted molar refractivity (Wildman–Crippen MR) is 149 cm³/mol. The van der Waals surface area contributed by atoms with Crippen molar-refractivity contribution in [2.45, 2.75) is 30.4 Å². The van der Waals surface area contributed by atoms with Crippen LogP contribution < -0.4 is 10.6 Å². The van der Waals surface area contributed by atoms with Crippen molar-refractivity contribution in [1.82, 2.24) is 0 Å². The molecule has 3 aromatic carbocycles. The molecule has 186 valence electrons. The SMILES string of the molecule is CCC(Sc1cccc(NC(=O)c2ccccc2F)c1)C(=O)Nc1scc(-c2ccc(C)cc2)c1C#N. The maximum Gasteiger partial charge on any atom is 0.258 e. The minimum Gasteiger partial charge on any atom is -0.322 e. The van der Waals surface area contributed by atoms with Crippen molar-refractivity contribution in [2.75, 3.05) is 10.6 Å². The van der Waals surface area contributed by atoms with Gasteiger partial charge in [-0.1, -0.05) is 55.0 Å². The quantitative estimate of drug-likeness (QED) is 0.232. The van der Waals surface area contributed by atoms with E-state index in [1.807, 2.05) is 49.6 Å². The summed E-state index contributed by atoms with van der Waals surface area (Å²) >= 11 is 2.69. The Labute approximate surface area is 223 Å². The van der Waals surface area contributed by atoms with E-state index in [-0.39, 0.29) is 11.5 Å². The summed E-state index contributed by atoms with van der Waals surface area (Å²) in [5, 5.41) is 17.4. The Balaban J connectivity index is 1.46. The van der Waals surface area contributed by atoms with Crippen LogP contribution in [0.2, 0.25) is 0 Å². The molecule has 8 heteroatoms. The van der Waals surface area contributed by atoms with Gasteiger partial charge in [-0.05, 0) is 49.2 Å². The van der Waals surface area contributed by atoms with Gasteiger partial charge in [0.05, 0.1) is 16.4 Å². The molecule has 0 fully saturated rings. The minimum absolute atomic E-state index is 0.0411. The van der Waals surface area contributed by atoms with Crippen molar-refractivity contribution in [1.29, 1.82) is 5.26 Å². The molecule has 0 saturated heterocycles. The third-order valence-corrected chi connectivity index (χ3v) is 7.91. The van der Waals surface area contributed by atoms with Crippen LogP contribution in [0.25, 0.3) is 11.1 Å². The number of nitrogens with zero attached hydrogens (tertiary/aromatic N) is 1. The van der Waals surface area contributed by atoms with Crippen molar-refractivity contribution in [3.05, 3.63) is 101 Å². The van der Waals surface area contributed by atoms with Crippen molar-refractivity contribution < 1.29 is 14.0 Å². The van der Waals surface area contributed by atoms with Crippen molar-refractivity contribution in [2.24, 2.45) is 0 Å². The monoisotopic (exact) mass is 529 g/mol. The third-order valence-electron chi connectivity index (χ3n) is 5.65. The standard InChI is InChI=1S/C29H24FN3O2S2/c1-3-26(28(35)33-29-23(16-31)24(17-36-29)19-13-11-18(2)12-14-19)37-21-8-6-7-20(15-21)32-27(34)22-9-4-5-10-25(22)30/h4-15,17,26H,3H2,1-2H3,(H,32,34)(H,33,35). The number of nitriles is 1. The first-order valence-corrected chi connectivity index (χ1v) is 13.4. The highest BCUT2D eigenvalue weighted by molar-refractivity contribution is 8.00. The van der Waals surface area contributed by atoms with Crippen LogP contribution in [-0.4, -0.2) is 17.1 Å². The number of thiophene rings is 1. The van der Waals surface area contributed by atoms with Gasteiger partial charge >= 0.3 is 0 Å². The summed E-state index contributed by atoms with van der Waals surface area (Å²) in [5.41, 5.74) is 3.75. The number of aryl methyl sites for hydroxylation is 1. The van der Waals surface area contributed by atoms with Crippen LogP contribution in [0.3, 0.4) is 0 Å². The second-order valence-corrected chi connectivity index (χ2v) is 10.5. The molecule has 0 saturated carbocycles. The van der Waals surface area contributed by atoms with Crippen molar-refractivity contribution >= 4 is 45.6 Å². The molecule has 1 heterocycles. The molecular weight excluding hydrogens is 505 g/mol. The smallest absolute Gasteiger partial charge is 0.258 e. The zero-order valence-electron chi connectivity index (χ0n) is 20.2. The van der Waals surface area contributed by atoms with Crippen LogP contribution in [-0.2, 0) is 4.79 Å². The zero-order chi connectivity index (χ0) is 26.4. The lowest BCUT2D eigenvalue weighted by atomic mass is 10.0. The van der Waals surface area contributed by atoms with E-state index in [0.717, 1.165) is 21.6 Å². The van der Waals surface area contributed by atoms with E-state index in [1.165, 1.54) is 41.3 Å². The van der Waals surface area contributed by atoms with Crippen LogP contribution in [0.4, 0.5) is 15.1 Å². The second kappa shape index (κ2) is 11.9. The highest BCUT2D eigenvalue weighted by atomic mass is 32.2. The van der Waals surface area contributed by atoms with Crippen molar-refractivity contribution in [3.8, 4) is 17.2 Å². The minimum atomic E-state index is -0.593. The lowest BCUT2D eigenvalue weighted by molar-refractivity contribution is -0.115. The molecule has 2 amide bonds. The lowest BCUT2D eigenvalue weighted by Gasteiger charge is -2.15. The summed E-state index contributed by atoms with van der Waals surface area (Å²) in [5.74, 6) is -1.35. The highest BCUT2D eigenvalue weighted by Crippen LogP contribution is 2.36. The molecule has 4 aromatic rings. The van der Waals surface area contributed by atoms with Crippen LogP contribution in [0.15, 0.2) is 83.1 Å². The summed E-state index contributed by atoms with van der Waals surface area (Å²) in [6.07, 6.45) is 0.556.